The van der Waals surface area contributed by atoms with Crippen molar-refractivity contribution in [2.24, 2.45) is 0 Å². The molecule has 0 bridgehead atoms. The number of alkyl halides is 2. The smallest absolute Gasteiger partial charge is 0.335 e. The molecule has 1 aliphatic carbocycles. The number of hydrogen-bond donors (Lipinski definition) is 7. The van der Waals surface area contributed by atoms with Crippen LogP contribution >= 0.6 is 42.4 Å². The molecule has 0 fully saturated rings. The van der Waals surface area contributed by atoms with E-state index in [0.29, 0.717) is 59.1 Å². The molecular weight excluding hydrogens is 1410 g/mol. The minimum absolute atomic E-state index is 0.0170. The van der Waals surface area contributed by atoms with Crippen molar-refractivity contribution in [1.29, 1.82) is 0 Å². The number of carbonyl (C=O) groups excluding carboxylic acids is 6. The molecule has 2 aromatic carbocycles. The van der Waals surface area contributed by atoms with Gasteiger partial charge in [-0.1, -0.05) is 41.3 Å². The van der Waals surface area contributed by atoms with Crippen molar-refractivity contribution in [2.45, 2.75) is 75.3 Å². The lowest BCUT2D eigenvalue weighted by Crippen LogP contribution is -2.47. The minimum atomic E-state index is -4.46. The van der Waals surface area contributed by atoms with Gasteiger partial charge in [0, 0.05) is 50.1 Å². The third kappa shape index (κ3) is 24.7. The van der Waals surface area contributed by atoms with E-state index in [1.165, 1.54) is 68.6 Å². The van der Waals surface area contributed by atoms with Gasteiger partial charge in [0.25, 0.3) is 39.6 Å². The Bertz CT molecular complexity index is 3870. The fourth-order valence-electron chi connectivity index (χ4n) is 8.54. The first-order chi connectivity index (χ1) is 46.1. The number of hydrogen-bond acceptors (Lipinski definition) is 24. The molecule has 39 heteroatoms. The van der Waals surface area contributed by atoms with Gasteiger partial charge < -0.3 is 58.8 Å². The molecule has 2 unspecified atom stereocenters. The second kappa shape index (κ2) is 38.4. The highest BCUT2D eigenvalue weighted by atomic mass is 35.5. The fourth-order valence-corrected chi connectivity index (χ4v) is 10.3. The molecule has 7 amide bonds. The molecule has 9 rings (SSSR count). The summed E-state index contributed by atoms with van der Waals surface area (Å²) >= 11 is 17.0. The van der Waals surface area contributed by atoms with Gasteiger partial charge >= 0.3 is 12.0 Å². The molecule has 532 valence electrons. The van der Waals surface area contributed by atoms with Crippen molar-refractivity contribution in [3.8, 4) is 35.6 Å². The molecule has 32 nitrogen and oxygen atoms in total. The number of amides is 7. The van der Waals surface area contributed by atoms with Gasteiger partial charge in [-0.3, -0.25) is 44.3 Å². The second-order valence-electron chi connectivity index (χ2n) is 21.3. The molecule has 7 N–H and O–H groups in total. The van der Waals surface area contributed by atoms with Crippen molar-refractivity contribution in [1.82, 2.24) is 44.8 Å². The van der Waals surface area contributed by atoms with Crippen LogP contribution in [-0.2, 0) is 49.5 Å². The van der Waals surface area contributed by atoms with Gasteiger partial charge in [0.2, 0.25) is 34.9 Å². The number of fused-ring (bicyclic) bond motifs is 2. The molecule has 4 aliphatic rings. The van der Waals surface area contributed by atoms with E-state index in [9.17, 15) is 55.8 Å². The number of urea groups is 1. The Labute approximate surface area is 582 Å². The van der Waals surface area contributed by atoms with E-state index in [4.69, 9.17) is 70.2 Å². The summed E-state index contributed by atoms with van der Waals surface area (Å²) in [5.74, 6) is -0.0655. The van der Waals surface area contributed by atoms with Crippen molar-refractivity contribution in [3.05, 3.63) is 88.6 Å². The Hall–Kier alpha value is -8.72. The molecule has 0 saturated carbocycles. The SMILES string of the molecule is C#CCN1C(=O)COc2cc(F)c(N3C(=O)C4=C(CCCC4)C3=O)cc21.CC1COc2ccccc2N1C(=O)C(Cl)Cl.CCNc1nc(Cl)nc(NC(C)C)n1.COc1cc(OC)nc(NC(=O)NS(=O)(=O)c2ncccc2C(=O)N(C)C)n1.C[S+](C)C.O=C(O)CNCP(=O)([O-])O. The molecule has 0 radical (unpaired) electrons. The van der Waals surface area contributed by atoms with Crippen LogP contribution in [0.5, 0.6) is 23.3 Å². The lowest BCUT2D eigenvalue weighted by molar-refractivity contribution is -0.193. The Balaban J connectivity index is 0.000000268. The van der Waals surface area contributed by atoms with Crippen LogP contribution < -0.4 is 64.5 Å². The monoisotopic (exact) mass is 1480 g/mol. The highest BCUT2D eigenvalue weighted by Crippen LogP contribution is 2.42. The number of carboxylic acids is 1. The summed E-state index contributed by atoms with van der Waals surface area (Å²) in [6.45, 7) is 8.33. The number of pyridine rings is 1. The first kappa shape index (κ1) is 81.7. The maximum Gasteiger partial charge on any atom is 0.335 e. The number of carboxylic acid groups (broad SMARTS) is 1. The number of para-hydroxylation sites is 2. The first-order valence-corrected chi connectivity index (χ1v) is 36.0. The quantitative estimate of drug-likeness (QED) is 0.0210. The predicted molar refractivity (Wildman–Crippen MR) is 365 cm³/mol. The van der Waals surface area contributed by atoms with Gasteiger partial charge in [0.05, 0.1) is 87.1 Å². The highest BCUT2D eigenvalue weighted by Gasteiger charge is 2.42. The molecule has 5 aromatic rings. The topological polar surface area (TPSA) is 422 Å². The molecule has 0 spiro atoms. The van der Waals surface area contributed by atoms with Gasteiger partial charge in [-0.15, -0.1) is 6.42 Å². The fraction of sp³-hybridized carbons (Fsp3) is 0.407. The lowest BCUT2D eigenvalue weighted by Gasteiger charge is -2.35. The van der Waals surface area contributed by atoms with E-state index in [2.05, 4.69) is 70.5 Å². The maximum absolute atomic E-state index is 14.7. The number of methoxy groups -OCH3 is 2. The second-order valence-corrected chi connectivity index (χ2v) is 28.4. The molecule has 3 aliphatic heterocycles. The van der Waals surface area contributed by atoms with Crippen molar-refractivity contribution >= 4 is 140 Å². The maximum atomic E-state index is 14.7. The van der Waals surface area contributed by atoms with Gasteiger partial charge in [0.1, 0.15) is 25.7 Å². The number of aliphatic carboxylic acids is 1. The Morgan fingerprint density at radius 1 is 0.898 bits per heavy atom. The number of terminal acetylenes is 1. The van der Waals surface area contributed by atoms with Crippen LogP contribution in [0, 0.1) is 18.2 Å². The zero-order chi connectivity index (χ0) is 73.4. The number of halogens is 4. The van der Waals surface area contributed by atoms with E-state index < -0.39 is 75.9 Å². The zero-order valence-electron chi connectivity index (χ0n) is 54.9. The molecule has 0 saturated heterocycles. The van der Waals surface area contributed by atoms with E-state index in [1.807, 2.05) is 57.3 Å². The molecule has 6 heterocycles. The summed E-state index contributed by atoms with van der Waals surface area (Å²) in [5, 5.41) is 17.8. The first-order valence-electron chi connectivity index (χ1n) is 29.1. The van der Waals surface area contributed by atoms with Gasteiger partial charge in [-0.2, -0.15) is 33.3 Å². The third-order valence-electron chi connectivity index (χ3n) is 12.5. The van der Waals surface area contributed by atoms with Crippen molar-refractivity contribution < 1.29 is 84.8 Å². The number of benzene rings is 2. The van der Waals surface area contributed by atoms with Gasteiger partial charge in [-0.05, 0) is 106 Å². The average Bonchev–Trinajstić information content (AvgIpc) is 1.55. The summed E-state index contributed by atoms with van der Waals surface area (Å²) in [7, 11) is -2.56. The molecular formula is C59H74Cl3FN15O17PS2. The van der Waals surface area contributed by atoms with E-state index in [0.717, 1.165) is 36.0 Å². The number of nitrogens with one attached hydrogen (secondary N) is 5. The summed E-state index contributed by atoms with van der Waals surface area (Å²) in [6, 6.07) is 12.8. The number of rotatable bonds is 17. The third-order valence-corrected chi connectivity index (χ3v) is 14.9. The van der Waals surface area contributed by atoms with Crippen LogP contribution in [0.4, 0.5) is 44.1 Å². The number of aromatic nitrogens is 6. The van der Waals surface area contributed by atoms with Crippen LogP contribution in [0.1, 0.15) is 63.7 Å². The van der Waals surface area contributed by atoms with Crippen LogP contribution in [0.25, 0.3) is 0 Å². The van der Waals surface area contributed by atoms with Crippen LogP contribution in [0.3, 0.4) is 0 Å². The summed E-state index contributed by atoms with van der Waals surface area (Å²) in [5.41, 5.74) is 1.52. The van der Waals surface area contributed by atoms with Crippen LogP contribution in [-0.4, -0.2) is 198 Å². The molecule has 98 heavy (non-hydrogen) atoms. The minimum Gasteiger partial charge on any atom is -0.778 e. The predicted octanol–water partition coefficient (Wildman–Crippen LogP) is 5.07. The average molecular weight is 1490 g/mol. The molecule has 3 aromatic heterocycles. The Morgan fingerprint density at radius 2 is 1.50 bits per heavy atom. The zero-order valence-corrected chi connectivity index (χ0v) is 59.7. The van der Waals surface area contributed by atoms with E-state index in [1.54, 1.807) is 9.62 Å². The number of nitrogens with zero attached hydrogens (tertiary/aromatic N) is 10. The Kier molecular flexibility index (Phi) is 32.0. The summed E-state index contributed by atoms with van der Waals surface area (Å²) < 4.78 is 72.1. The number of anilines is 6. The number of sulfonamides is 1. The standard InChI is InChI=1S/C19H15FN2O4.C15H18N6O6S.C11H11Cl2NO2.C8H14ClN5.C3H8NO5P.C3H9S/c1-2-7-21-15-9-14(13(20)8-16(15)26-10-17(21)23)22-18(24)11-5-3-4-6-12(11)19(22)25;1-21(2)13(22)9-6-5-7-16-12(9)28(24,25)20-15(23)19-14-17-10(26-3)8-11(18-14)27-4;1-7-6-16-9-5-3-2-4-8(9)14(7)11(15)10(12)13;1-4-10-7-12-6(9)13-8(14-7)11-5(2)3;5-3(6)1-4-2-10(7,8)9;1-4(2)3/h1,8-9H,3-7,10H2;5-8H,1-4H3,(H2,17,18,19,20,23);2-5,7,10H,6H2,1H3;5H,4H2,1-3H3,(H2,10,11,12,13,14);4H,1-2H2,(H,5,6)(H2,7,8,9);1-3H3/q;;;;;+1/p-1. The van der Waals surface area contributed by atoms with E-state index >= 15 is 0 Å². The molecule has 2 atom stereocenters. The van der Waals surface area contributed by atoms with Crippen molar-refractivity contribution in [2.75, 3.05) is 117 Å². The number of imide groups is 1. The van der Waals surface area contributed by atoms with Crippen molar-refractivity contribution in [3.63, 3.8) is 0 Å². The lowest BCUT2D eigenvalue weighted by atomic mass is 9.93. The number of ether oxygens (including phenoxy) is 4. The summed E-state index contributed by atoms with van der Waals surface area (Å²) in [4.78, 5) is 129. The number of carbonyl (C=O) groups is 7. The largest absolute Gasteiger partial charge is 0.778 e. The summed E-state index contributed by atoms with van der Waals surface area (Å²) in [6.07, 6.45) is 15.1. The van der Waals surface area contributed by atoms with Crippen LogP contribution in [0.15, 0.2) is 77.0 Å². The highest BCUT2D eigenvalue weighted by molar-refractivity contribution is 7.94. The normalized spacial score (nSPS) is 14.8. The van der Waals surface area contributed by atoms with Gasteiger partial charge in [0.15, 0.2) is 22.3 Å². The Morgan fingerprint density at radius 3 is 2.04 bits per heavy atom. The van der Waals surface area contributed by atoms with E-state index in [-0.39, 0.29) is 82.7 Å². The van der Waals surface area contributed by atoms with Crippen LogP contribution in [0.2, 0.25) is 5.28 Å². The van der Waals surface area contributed by atoms with Gasteiger partial charge in [-0.25, -0.2) is 23.8 Å².